The van der Waals surface area contributed by atoms with E-state index in [1.54, 1.807) is 31.2 Å². The fourth-order valence-electron chi connectivity index (χ4n) is 2.75. The quantitative estimate of drug-likeness (QED) is 0.694. The van der Waals surface area contributed by atoms with Crippen LogP contribution in [0, 0.1) is 29.9 Å². The van der Waals surface area contributed by atoms with Crippen LogP contribution in [0.2, 0.25) is 5.02 Å². The van der Waals surface area contributed by atoms with Crippen LogP contribution >= 0.6 is 11.6 Å². The second-order valence-electron chi connectivity index (χ2n) is 5.47. The molecule has 0 radical (unpaired) electrons. The number of rotatable bonds is 2. The van der Waals surface area contributed by atoms with E-state index in [0.717, 1.165) is 12.1 Å². The van der Waals surface area contributed by atoms with Crippen molar-refractivity contribution < 1.29 is 8.78 Å². The Morgan fingerprint density at radius 3 is 2.56 bits per heavy atom. The van der Waals surface area contributed by atoms with Gasteiger partial charge in [-0.2, -0.15) is 5.26 Å². The fraction of sp³-hybridized carbons (Fsp3) is 0.0526. The summed E-state index contributed by atoms with van der Waals surface area (Å²) in [5, 5.41) is 9.96. The molecule has 0 unspecified atom stereocenters. The van der Waals surface area contributed by atoms with Gasteiger partial charge in [-0.1, -0.05) is 23.7 Å². The predicted octanol–water partition coefficient (Wildman–Crippen LogP) is 5.11. The van der Waals surface area contributed by atoms with E-state index in [4.69, 9.17) is 17.3 Å². The third-order valence-electron chi connectivity index (χ3n) is 3.88. The molecule has 6 heteroatoms. The number of nitrogens with two attached hydrogens (primary N) is 1. The molecule has 0 atom stereocenters. The lowest BCUT2D eigenvalue weighted by molar-refractivity contribution is 0.585. The van der Waals surface area contributed by atoms with Crippen LogP contribution in [0.1, 0.15) is 11.1 Å². The number of nitriles is 1. The van der Waals surface area contributed by atoms with E-state index in [9.17, 15) is 14.0 Å². The lowest BCUT2D eigenvalue weighted by Crippen LogP contribution is -2.04. The molecule has 2 aromatic carbocycles. The van der Waals surface area contributed by atoms with Gasteiger partial charge in [-0.25, -0.2) is 13.8 Å². The molecule has 2 N–H and O–H groups in total. The number of pyridine rings is 1. The third kappa shape index (κ3) is 3.04. The first-order valence-corrected chi connectivity index (χ1v) is 7.71. The zero-order valence-corrected chi connectivity index (χ0v) is 13.9. The maximum absolute atomic E-state index is 14.3. The Labute approximate surface area is 148 Å². The van der Waals surface area contributed by atoms with Gasteiger partial charge in [0, 0.05) is 27.8 Å². The molecule has 0 fully saturated rings. The average Bonchev–Trinajstić information content (AvgIpc) is 2.57. The lowest BCUT2D eigenvalue weighted by Gasteiger charge is -2.15. The van der Waals surface area contributed by atoms with Crippen molar-refractivity contribution in [1.82, 2.24) is 4.98 Å². The van der Waals surface area contributed by atoms with Gasteiger partial charge in [0.25, 0.3) is 0 Å². The third-order valence-corrected chi connectivity index (χ3v) is 4.11. The summed E-state index contributed by atoms with van der Waals surface area (Å²) < 4.78 is 27.6. The van der Waals surface area contributed by atoms with Crippen LogP contribution in [0.25, 0.3) is 22.4 Å². The Balaban J connectivity index is 2.36. The van der Waals surface area contributed by atoms with Crippen molar-refractivity contribution in [2.45, 2.75) is 6.92 Å². The van der Waals surface area contributed by atoms with Crippen LogP contribution < -0.4 is 5.73 Å². The minimum atomic E-state index is -0.776. The monoisotopic (exact) mass is 355 g/mol. The van der Waals surface area contributed by atoms with E-state index >= 15 is 0 Å². The fourth-order valence-corrected chi connectivity index (χ4v) is 2.94. The maximum atomic E-state index is 14.3. The number of hydrogen-bond acceptors (Lipinski definition) is 3. The minimum Gasteiger partial charge on any atom is -0.383 e. The van der Waals surface area contributed by atoms with Gasteiger partial charge >= 0.3 is 0 Å². The van der Waals surface area contributed by atoms with E-state index < -0.39 is 11.6 Å². The smallest absolute Gasteiger partial charge is 0.142 e. The molecule has 25 heavy (non-hydrogen) atoms. The van der Waals surface area contributed by atoms with Crippen molar-refractivity contribution in [2.75, 3.05) is 5.73 Å². The van der Waals surface area contributed by atoms with Gasteiger partial charge in [0.1, 0.15) is 29.1 Å². The highest BCUT2D eigenvalue weighted by Crippen LogP contribution is 2.37. The zero-order valence-electron chi connectivity index (χ0n) is 13.1. The molecular weight excluding hydrogens is 344 g/mol. The summed E-state index contributed by atoms with van der Waals surface area (Å²) in [6, 6.07) is 12.1. The van der Waals surface area contributed by atoms with Crippen LogP contribution in [0.4, 0.5) is 14.6 Å². The second-order valence-corrected chi connectivity index (χ2v) is 5.90. The van der Waals surface area contributed by atoms with Gasteiger partial charge in [-0.05, 0) is 36.8 Å². The Morgan fingerprint density at radius 2 is 1.92 bits per heavy atom. The van der Waals surface area contributed by atoms with E-state index in [-0.39, 0.29) is 16.9 Å². The number of aromatic nitrogens is 1. The minimum absolute atomic E-state index is 0.0261. The summed E-state index contributed by atoms with van der Waals surface area (Å²) in [5.74, 6) is -1.50. The first kappa shape index (κ1) is 16.9. The van der Waals surface area contributed by atoms with Gasteiger partial charge in [0.2, 0.25) is 0 Å². The molecule has 0 aliphatic rings. The molecule has 0 aliphatic heterocycles. The summed E-state index contributed by atoms with van der Waals surface area (Å²) in [6.07, 6.45) is 0. The highest BCUT2D eigenvalue weighted by Gasteiger charge is 2.20. The first-order chi connectivity index (χ1) is 11.9. The van der Waals surface area contributed by atoms with Gasteiger partial charge in [0.15, 0.2) is 0 Å². The molecule has 1 heterocycles. The first-order valence-electron chi connectivity index (χ1n) is 7.34. The van der Waals surface area contributed by atoms with Crippen molar-refractivity contribution in [3.8, 4) is 28.5 Å². The summed E-state index contributed by atoms with van der Waals surface area (Å²) in [6.45, 7) is 1.71. The summed E-state index contributed by atoms with van der Waals surface area (Å²) >= 11 is 6.03. The van der Waals surface area contributed by atoms with Gasteiger partial charge in [0.05, 0.1) is 5.69 Å². The Kier molecular flexibility index (Phi) is 4.39. The molecule has 0 bridgehead atoms. The average molecular weight is 356 g/mol. The van der Waals surface area contributed by atoms with Crippen molar-refractivity contribution in [3.05, 3.63) is 70.2 Å². The molecular formula is C19H12ClF2N3. The summed E-state index contributed by atoms with van der Waals surface area (Å²) in [5.41, 5.74) is 8.09. The number of hydrogen-bond donors (Lipinski definition) is 1. The molecule has 3 nitrogen and oxygen atoms in total. The normalized spacial score (nSPS) is 10.5. The van der Waals surface area contributed by atoms with Crippen LogP contribution in [-0.2, 0) is 0 Å². The SMILES string of the molecule is Cc1c(-c2cccc(Cl)c2)nc(N)c(C#N)c1-c1ccc(F)cc1F. The lowest BCUT2D eigenvalue weighted by atomic mass is 9.92. The van der Waals surface area contributed by atoms with Crippen LogP contribution in [0.5, 0.6) is 0 Å². The predicted molar refractivity (Wildman–Crippen MR) is 93.9 cm³/mol. The zero-order chi connectivity index (χ0) is 18.1. The number of nitrogens with zero attached hydrogens (tertiary/aromatic N) is 2. The summed E-state index contributed by atoms with van der Waals surface area (Å²) in [7, 11) is 0. The highest BCUT2D eigenvalue weighted by atomic mass is 35.5. The van der Waals surface area contributed by atoms with Crippen molar-refractivity contribution in [1.29, 1.82) is 5.26 Å². The van der Waals surface area contributed by atoms with E-state index in [2.05, 4.69) is 4.98 Å². The number of halogens is 3. The molecule has 3 rings (SSSR count). The Hall–Kier alpha value is -2.97. The Morgan fingerprint density at radius 1 is 1.16 bits per heavy atom. The van der Waals surface area contributed by atoms with Crippen LogP contribution in [-0.4, -0.2) is 4.98 Å². The van der Waals surface area contributed by atoms with E-state index in [1.165, 1.54) is 6.07 Å². The molecule has 0 amide bonds. The number of benzene rings is 2. The van der Waals surface area contributed by atoms with Gasteiger partial charge in [-0.3, -0.25) is 0 Å². The van der Waals surface area contributed by atoms with Gasteiger partial charge in [-0.15, -0.1) is 0 Å². The largest absolute Gasteiger partial charge is 0.383 e. The molecule has 1 aromatic heterocycles. The Bertz CT molecular complexity index is 1030. The molecule has 0 spiro atoms. The molecule has 0 saturated carbocycles. The number of anilines is 1. The van der Waals surface area contributed by atoms with E-state index in [0.29, 0.717) is 27.4 Å². The molecule has 0 saturated heterocycles. The second kappa shape index (κ2) is 6.50. The molecule has 0 aliphatic carbocycles. The van der Waals surface area contributed by atoms with Crippen LogP contribution in [0.3, 0.4) is 0 Å². The molecule has 3 aromatic rings. The highest BCUT2D eigenvalue weighted by molar-refractivity contribution is 6.30. The van der Waals surface area contributed by atoms with Gasteiger partial charge < -0.3 is 5.73 Å². The number of nitrogen functional groups attached to an aromatic ring is 1. The topological polar surface area (TPSA) is 62.7 Å². The standard InChI is InChI=1S/C19H12ClF2N3/c1-10-17(14-6-5-13(21)8-16(14)22)15(9-23)19(24)25-18(10)11-3-2-4-12(20)7-11/h2-8H,1H3,(H2,24,25). The van der Waals surface area contributed by atoms with E-state index in [1.807, 2.05) is 6.07 Å². The van der Waals surface area contributed by atoms with Crippen molar-refractivity contribution in [3.63, 3.8) is 0 Å². The van der Waals surface area contributed by atoms with Crippen molar-refractivity contribution in [2.24, 2.45) is 0 Å². The summed E-state index contributed by atoms with van der Waals surface area (Å²) in [4.78, 5) is 4.29. The van der Waals surface area contributed by atoms with Crippen molar-refractivity contribution >= 4 is 17.4 Å². The van der Waals surface area contributed by atoms with Crippen LogP contribution in [0.15, 0.2) is 42.5 Å². The molecule has 124 valence electrons. The maximum Gasteiger partial charge on any atom is 0.142 e.